The molecule has 3 nitrogen and oxygen atoms in total. The van der Waals surface area contributed by atoms with E-state index in [0.717, 1.165) is 32.2 Å². The van der Waals surface area contributed by atoms with Crippen LogP contribution in [0.3, 0.4) is 0 Å². The Hall–Kier alpha value is -1.10. The van der Waals surface area contributed by atoms with Gasteiger partial charge in [0.05, 0.1) is 15.2 Å². The summed E-state index contributed by atoms with van der Waals surface area (Å²) in [6.07, 6.45) is 7.72. The first kappa shape index (κ1) is 18.9. The number of fused-ring (bicyclic) bond motifs is 2. The molecule has 5 heteroatoms. The summed E-state index contributed by atoms with van der Waals surface area (Å²) in [5.74, 6) is 1.77. The van der Waals surface area contributed by atoms with Gasteiger partial charge in [-0.3, -0.25) is 4.90 Å². The fraction of sp³-hybridized carbons (Fsp3) is 0.609. The summed E-state index contributed by atoms with van der Waals surface area (Å²) in [6, 6.07) is 6.57. The number of halogens is 1. The standard InChI is InChI=1S/C23H30ClN3S/c1-23(2)16-8-7-15(18(23)13-16)14-27-11-9-17(10-12-27)26(3)22-25-20-6-4-5-19(24)21(20)28-22/h4-7,16-18H,8-14H2,1-3H3/t16-,18-/m0/s1. The van der Waals surface area contributed by atoms with Crippen molar-refractivity contribution < 1.29 is 0 Å². The van der Waals surface area contributed by atoms with Crippen molar-refractivity contribution in [3.8, 4) is 0 Å². The second-order valence-electron chi connectivity index (χ2n) is 9.52. The molecule has 0 unspecified atom stereocenters. The maximum Gasteiger partial charge on any atom is 0.186 e. The van der Waals surface area contributed by atoms with Crippen molar-refractivity contribution in [3.63, 3.8) is 0 Å². The van der Waals surface area contributed by atoms with Gasteiger partial charge in [-0.1, -0.05) is 54.5 Å². The fourth-order valence-corrected chi connectivity index (χ4v) is 6.88. The molecule has 1 aromatic heterocycles. The predicted molar refractivity (Wildman–Crippen MR) is 121 cm³/mol. The average molecular weight is 416 g/mol. The largest absolute Gasteiger partial charge is 0.348 e. The van der Waals surface area contributed by atoms with E-state index in [1.54, 1.807) is 16.9 Å². The van der Waals surface area contributed by atoms with Gasteiger partial charge in [-0.05, 0) is 55.1 Å². The number of hydrogen-bond acceptors (Lipinski definition) is 4. The zero-order chi connectivity index (χ0) is 19.5. The lowest BCUT2D eigenvalue weighted by atomic mass is 9.49. The maximum atomic E-state index is 6.35. The first-order chi connectivity index (χ1) is 13.4. The molecule has 150 valence electrons. The van der Waals surface area contributed by atoms with E-state index >= 15 is 0 Å². The minimum absolute atomic E-state index is 0.538. The van der Waals surface area contributed by atoms with Crippen LogP contribution >= 0.6 is 22.9 Å². The van der Waals surface area contributed by atoms with Crippen LogP contribution in [0, 0.1) is 17.3 Å². The summed E-state index contributed by atoms with van der Waals surface area (Å²) in [4.78, 5) is 9.90. The molecule has 1 saturated carbocycles. The van der Waals surface area contributed by atoms with Crippen LogP contribution in [0.5, 0.6) is 0 Å². The Balaban J connectivity index is 1.21. The molecule has 0 N–H and O–H groups in total. The van der Waals surface area contributed by atoms with E-state index in [2.05, 4.69) is 42.8 Å². The van der Waals surface area contributed by atoms with Gasteiger partial charge in [0.2, 0.25) is 0 Å². The SMILES string of the molecule is CN(c1nc2cccc(Cl)c2s1)C1CCN(CC2=CC[C@H]3C[C@@H]2C3(C)C)CC1. The summed E-state index contributed by atoms with van der Waals surface area (Å²) in [7, 11) is 2.20. The number of rotatable bonds is 4. The smallest absolute Gasteiger partial charge is 0.186 e. The summed E-state index contributed by atoms with van der Waals surface area (Å²) >= 11 is 8.07. The number of anilines is 1. The monoisotopic (exact) mass is 415 g/mol. The number of likely N-dealkylation sites (tertiary alicyclic amines) is 1. The van der Waals surface area contributed by atoms with E-state index in [1.807, 2.05) is 12.1 Å². The zero-order valence-electron chi connectivity index (χ0n) is 17.1. The second-order valence-corrected chi connectivity index (χ2v) is 10.9. The normalized spacial score (nSPS) is 27.5. The van der Waals surface area contributed by atoms with Crippen LogP contribution in [0.1, 0.15) is 39.5 Å². The fourth-order valence-electron chi connectivity index (χ4n) is 5.59. The lowest BCUT2D eigenvalue weighted by molar-refractivity contribution is -0.0112. The predicted octanol–water partition coefficient (Wildman–Crippen LogP) is 5.84. The third kappa shape index (κ3) is 3.09. The number of aromatic nitrogens is 1. The Morgan fingerprint density at radius 3 is 2.75 bits per heavy atom. The molecule has 2 atom stereocenters. The quantitative estimate of drug-likeness (QED) is 0.584. The third-order valence-corrected chi connectivity index (χ3v) is 9.37. The first-order valence-corrected chi connectivity index (χ1v) is 11.8. The van der Waals surface area contributed by atoms with Crippen LogP contribution in [0.15, 0.2) is 29.8 Å². The molecule has 0 radical (unpaired) electrons. The summed E-state index contributed by atoms with van der Waals surface area (Å²) in [5, 5.41) is 1.91. The maximum absolute atomic E-state index is 6.35. The third-order valence-electron chi connectivity index (χ3n) is 7.75. The molecule has 0 spiro atoms. The minimum Gasteiger partial charge on any atom is -0.348 e. The molecule has 1 saturated heterocycles. The average Bonchev–Trinajstić information content (AvgIpc) is 3.14. The van der Waals surface area contributed by atoms with Gasteiger partial charge < -0.3 is 4.90 Å². The van der Waals surface area contributed by atoms with Crippen LogP contribution in [0.2, 0.25) is 5.02 Å². The Morgan fingerprint density at radius 1 is 1.29 bits per heavy atom. The van der Waals surface area contributed by atoms with Crippen molar-refractivity contribution in [2.75, 3.05) is 31.6 Å². The van der Waals surface area contributed by atoms with Crippen LogP contribution in [-0.2, 0) is 0 Å². The lowest BCUT2D eigenvalue weighted by Gasteiger charge is -2.57. The molecule has 2 bridgehead atoms. The molecule has 1 aliphatic heterocycles. The van der Waals surface area contributed by atoms with Gasteiger partial charge in [-0.25, -0.2) is 4.98 Å². The van der Waals surface area contributed by atoms with E-state index < -0.39 is 0 Å². The molecular formula is C23H30ClN3S. The van der Waals surface area contributed by atoms with Gasteiger partial charge in [-0.2, -0.15) is 0 Å². The molecule has 2 heterocycles. The Labute approximate surface area is 177 Å². The van der Waals surface area contributed by atoms with Crippen molar-refractivity contribution in [2.24, 2.45) is 17.3 Å². The highest BCUT2D eigenvalue weighted by Gasteiger charge is 2.51. The van der Waals surface area contributed by atoms with Gasteiger partial charge in [0, 0.05) is 32.7 Å². The molecule has 0 amide bonds. The minimum atomic E-state index is 0.538. The number of benzene rings is 1. The van der Waals surface area contributed by atoms with Crippen LogP contribution < -0.4 is 4.90 Å². The highest BCUT2D eigenvalue weighted by Crippen LogP contribution is 2.59. The molecule has 4 aliphatic rings. The van der Waals surface area contributed by atoms with Crippen molar-refractivity contribution in [1.82, 2.24) is 9.88 Å². The van der Waals surface area contributed by atoms with Crippen LogP contribution in [0.4, 0.5) is 5.13 Å². The topological polar surface area (TPSA) is 19.4 Å². The van der Waals surface area contributed by atoms with Crippen LogP contribution in [-0.4, -0.2) is 42.6 Å². The van der Waals surface area contributed by atoms with Crippen molar-refractivity contribution in [3.05, 3.63) is 34.9 Å². The highest BCUT2D eigenvalue weighted by atomic mass is 35.5. The summed E-state index contributed by atoms with van der Waals surface area (Å²) < 4.78 is 1.11. The number of thiazole rings is 1. The van der Waals surface area contributed by atoms with E-state index in [4.69, 9.17) is 16.6 Å². The molecular weight excluding hydrogens is 386 g/mol. The Morgan fingerprint density at radius 2 is 2.07 bits per heavy atom. The van der Waals surface area contributed by atoms with E-state index in [0.29, 0.717) is 11.5 Å². The molecule has 2 aromatic rings. The number of piperidine rings is 1. The molecule has 3 aliphatic carbocycles. The number of hydrogen-bond donors (Lipinski definition) is 0. The van der Waals surface area contributed by atoms with E-state index in [-0.39, 0.29) is 0 Å². The van der Waals surface area contributed by atoms with E-state index in [1.165, 1.54) is 45.3 Å². The van der Waals surface area contributed by atoms with Gasteiger partial charge >= 0.3 is 0 Å². The Bertz CT molecular complexity index is 910. The second kappa shape index (κ2) is 7.00. The molecule has 1 aromatic carbocycles. The molecule has 28 heavy (non-hydrogen) atoms. The van der Waals surface area contributed by atoms with Gasteiger partial charge in [0.1, 0.15) is 0 Å². The van der Waals surface area contributed by atoms with Gasteiger partial charge in [0.25, 0.3) is 0 Å². The van der Waals surface area contributed by atoms with Crippen molar-refractivity contribution >= 4 is 38.3 Å². The zero-order valence-corrected chi connectivity index (χ0v) is 18.7. The Kier molecular flexibility index (Phi) is 4.72. The summed E-state index contributed by atoms with van der Waals surface area (Å²) in [6.45, 7) is 8.52. The van der Waals surface area contributed by atoms with E-state index in [9.17, 15) is 0 Å². The number of allylic oxidation sites excluding steroid dienone is 1. The van der Waals surface area contributed by atoms with Gasteiger partial charge in [-0.15, -0.1) is 0 Å². The summed E-state index contributed by atoms with van der Waals surface area (Å²) in [5.41, 5.74) is 3.28. The highest BCUT2D eigenvalue weighted by molar-refractivity contribution is 7.22. The lowest BCUT2D eigenvalue weighted by Crippen LogP contribution is -2.51. The van der Waals surface area contributed by atoms with Crippen LogP contribution in [0.25, 0.3) is 10.2 Å². The first-order valence-electron chi connectivity index (χ1n) is 10.6. The molecule has 2 fully saturated rings. The van der Waals surface area contributed by atoms with Crippen molar-refractivity contribution in [1.29, 1.82) is 0 Å². The molecule has 6 rings (SSSR count). The van der Waals surface area contributed by atoms with Crippen molar-refractivity contribution in [2.45, 2.75) is 45.6 Å². The number of nitrogens with zero attached hydrogens (tertiary/aromatic N) is 3. The van der Waals surface area contributed by atoms with Gasteiger partial charge in [0.15, 0.2) is 5.13 Å².